The van der Waals surface area contributed by atoms with Crippen molar-refractivity contribution in [2.75, 3.05) is 7.11 Å². The zero-order valence-electron chi connectivity index (χ0n) is 17.4. The Morgan fingerprint density at radius 1 is 1.15 bits per heavy atom. The summed E-state index contributed by atoms with van der Waals surface area (Å²) in [7, 11) is 1.45. The highest BCUT2D eigenvalue weighted by molar-refractivity contribution is 5.97. The summed E-state index contributed by atoms with van der Waals surface area (Å²) < 4.78 is 4.78. The lowest BCUT2D eigenvalue weighted by molar-refractivity contribution is -0.140. The first-order valence-electron chi connectivity index (χ1n) is 11.2. The second kappa shape index (κ2) is 7.04. The molecule has 0 spiro atoms. The average Bonchev–Trinajstić information content (AvgIpc) is 3.00. The normalized spacial score (nSPS) is 43.4. The molecule has 3 fully saturated rings. The summed E-state index contributed by atoms with van der Waals surface area (Å²) in [6.07, 6.45) is 14.7. The summed E-state index contributed by atoms with van der Waals surface area (Å²) in [5.41, 5.74) is 1.60. The Morgan fingerprint density at radius 3 is 2.74 bits per heavy atom. The maximum atomic E-state index is 13.5. The molecule has 0 aromatic heterocycles. The van der Waals surface area contributed by atoms with E-state index in [1.165, 1.54) is 57.6 Å². The average molecular weight is 373 g/mol. The number of hydrogen-bond donors (Lipinski definition) is 0. The van der Waals surface area contributed by atoms with E-state index in [-0.39, 0.29) is 16.8 Å². The highest BCUT2D eigenvalue weighted by atomic mass is 16.5. The summed E-state index contributed by atoms with van der Waals surface area (Å²) in [4.78, 5) is 24.9. The van der Waals surface area contributed by atoms with E-state index in [0.29, 0.717) is 30.0 Å². The molecule has 6 atom stereocenters. The predicted molar refractivity (Wildman–Crippen MR) is 106 cm³/mol. The van der Waals surface area contributed by atoms with Crippen LogP contribution in [0.4, 0.5) is 0 Å². The van der Waals surface area contributed by atoms with E-state index in [0.717, 1.165) is 25.2 Å². The molecule has 3 unspecified atom stereocenters. The van der Waals surface area contributed by atoms with Gasteiger partial charge in [0.1, 0.15) is 0 Å². The second-order valence-electron chi connectivity index (χ2n) is 10.1. The van der Waals surface area contributed by atoms with Crippen LogP contribution in [0.25, 0.3) is 0 Å². The summed E-state index contributed by atoms with van der Waals surface area (Å²) in [5, 5.41) is 0. The van der Waals surface area contributed by atoms with Crippen LogP contribution in [0.1, 0.15) is 84.5 Å². The third kappa shape index (κ3) is 2.91. The van der Waals surface area contributed by atoms with Gasteiger partial charge in [-0.05, 0) is 86.5 Å². The molecule has 4 aliphatic carbocycles. The van der Waals surface area contributed by atoms with Crippen molar-refractivity contribution in [3.63, 3.8) is 0 Å². The fraction of sp³-hybridized carbons (Fsp3) is 0.833. The van der Waals surface area contributed by atoms with Crippen molar-refractivity contribution in [1.29, 1.82) is 0 Å². The third-order valence-corrected chi connectivity index (χ3v) is 9.19. The number of rotatable bonds is 4. The van der Waals surface area contributed by atoms with Crippen LogP contribution >= 0.6 is 0 Å². The first-order chi connectivity index (χ1) is 12.9. The van der Waals surface area contributed by atoms with Crippen molar-refractivity contribution in [2.24, 2.45) is 34.5 Å². The van der Waals surface area contributed by atoms with E-state index in [1.54, 1.807) is 0 Å². The van der Waals surface area contributed by atoms with Crippen molar-refractivity contribution in [3.05, 3.63) is 11.6 Å². The van der Waals surface area contributed by atoms with Crippen LogP contribution in [0.3, 0.4) is 0 Å². The molecule has 0 heterocycles. The Labute approximate surface area is 164 Å². The van der Waals surface area contributed by atoms with Crippen LogP contribution in [0.5, 0.6) is 0 Å². The number of esters is 1. The van der Waals surface area contributed by atoms with E-state index in [1.807, 2.05) is 0 Å². The number of hydrogen-bond acceptors (Lipinski definition) is 3. The summed E-state index contributed by atoms with van der Waals surface area (Å²) >= 11 is 0. The largest absolute Gasteiger partial charge is 0.469 e. The first kappa shape index (κ1) is 19.2. The van der Waals surface area contributed by atoms with Crippen LogP contribution in [0.2, 0.25) is 0 Å². The van der Waals surface area contributed by atoms with Gasteiger partial charge in [-0.15, -0.1) is 0 Å². The van der Waals surface area contributed by atoms with Gasteiger partial charge in [0, 0.05) is 11.8 Å². The second-order valence-corrected chi connectivity index (χ2v) is 10.1. The number of carbonyl (C=O) groups is 2. The number of carbonyl (C=O) groups excluding carboxylic acids is 2. The van der Waals surface area contributed by atoms with Gasteiger partial charge in [0.25, 0.3) is 0 Å². The topological polar surface area (TPSA) is 43.4 Å². The highest BCUT2D eigenvalue weighted by Crippen LogP contribution is 2.64. The number of allylic oxidation sites excluding steroid dienone is 2. The van der Waals surface area contributed by atoms with E-state index in [4.69, 9.17) is 4.74 Å². The van der Waals surface area contributed by atoms with Gasteiger partial charge in [-0.1, -0.05) is 32.3 Å². The van der Waals surface area contributed by atoms with Crippen LogP contribution < -0.4 is 0 Å². The van der Waals surface area contributed by atoms with E-state index in [2.05, 4.69) is 19.9 Å². The van der Waals surface area contributed by atoms with Gasteiger partial charge in [-0.25, -0.2) is 0 Å². The smallest absolute Gasteiger partial charge is 0.305 e. The summed E-state index contributed by atoms with van der Waals surface area (Å²) in [6.45, 7) is 4.71. The molecule has 27 heavy (non-hydrogen) atoms. The first-order valence-corrected chi connectivity index (χ1v) is 11.2. The van der Waals surface area contributed by atoms with Crippen LogP contribution in [0.15, 0.2) is 11.6 Å². The molecule has 0 radical (unpaired) electrons. The molecule has 150 valence electrons. The molecule has 3 saturated carbocycles. The van der Waals surface area contributed by atoms with Gasteiger partial charge >= 0.3 is 5.97 Å². The molecular formula is C24H36O3. The third-order valence-electron chi connectivity index (χ3n) is 9.19. The van der Waals surface area contributed by atoms with Gasteiger partial charge in [-0.2, -0.15) is 0 Å². The lowest BCUT2D eigenvalue weighted by Crippen LogP contribution is -2.50. The summed E-state index contributed by atoms with van der Waals surface area (Å²) in [5.74, 6) is 2.63. The minimum absolute atomic E-state index is 0.129. The van der Waals surface area contributed by atoms with Crippen molar-refractivity contribution < 1.29 is 14.3 Å². The monoisotopic (exact) mass is 372 g/mol. The highest BCUT2D eigenvalue weighted by Gasteiger charge is 2.59. The molecule has 0 aromatic rings. The molecule has 0 aliphatic heterocycles. The molecule has 0 amide bonds. The molecule has 0 saturated heterocycles. The Kier molecular flexibility index (Phi) is 5.01. The molecule has 3 nitrogen and oxygen atoms in total. The number of fused-ring (bicyclic) bond motifs is 5. The fourth-order valence-corrected chi connectivity index (χ4v) is 7.52. The molecule has 0 bridgehead atoms. The Morgan fingerprint density at radius 2 is 1.96 bits per heavy atom. The molecule has 0 aromatic carbocycles. The predicted octanol–water partition coefficient (Wildman–Crippen LogP) is 5.48. The zero-order chi connectivity index (χ0) is 19.2. The molecular weight excluding hydrogens is 336 g/mol. The maximum absolute atomic E-state index is 13.5. The Bertz CT molecular complexity index is 650. The SMILES string of the molecule is COC(=O)CCCC1CCC2C3CC[C@@H]4CCCC[C@]4(C)C3=CC(=O)[C@]12C. The fourth-order valence-electron chi connectivity index (χ4n) is 7.52. The summed E-state index contributed by atoms with van der Waals surface area (Å²) in [6, 6.07) is 0. The van der Waals surface area contributed by atoms with Crippen LogP contribution in [0, 0.1) is 34.5 Å². The molecule has 4 rings (SSSR count). The zero-order valence-corrected chi connectivity index (χ0v) is 17.4. The quantitative estimate of drug-likeness (QED) is 0.614. The number of ether oxygens (including phenoxy) is 1. The van der Waals surface area contributed by atoms with Crippen molar-refractivity contribution in [1.82, 2.24) is 0 Å². The molecule has 3 heteroatoms. The van der Waals surface area contributed by atoms with Gasteiger partial charge in [0.05, 0.1) is 7.11 Å². The molecule has 0 N–H and O–H groups in total. The van der Waals surface area contributed by atoms with Crippen molar-refractivity contribution >= 4 is 11.8 Å². The number of ketones is 1. The minimum Gasteiger partial charge on any atom is -0.469 e. The van der Waals surface area contributed by atoms with Crippen molar-refractivity contribution in [2.45, 2.75) is 84.5 Å². The van der Waals surface area contributed by atoms with Crippen LogP contribution in [-0.2, 0) is 14.3 Å². The number of methoxy groups -OCH3 is 1. The van der Waals surface area contributed by atoms with E-state index >= 15 is 0 Å². The van der Waals surface area contributed by atoms with Gasteiger partial charge in [0.15, 0.2) is 5.78 Å². The minimum atomic E-state index is -0.206. The lowest BCUT2D eigenvalue weighted by atomic mass is 9.48. The standard InChI is InChI=1S/C24H36O3/c1-23-14-5-4-7-16(23)10-12-18-19-13-11-17(8-6-9-22(26)27-3)24(19,2)21(25)15-20(18)23/h15-19H,4-14H2,1-3H3/t16-,17?,18?,19?,23-,24+/m0/s1. The Hall–Kier alpha value is -1.12. The van der Waals surface area contributed by atoms with Gasteiger partial charge < -0.3 is 4.74 Å². The molecule has 4 aliphatic rings. The Balaban J connectivity index is 1.57. The van der Waals surface area contributed by atoms with Gasteiger partial charge in [-0.3, -0.25) is 9.59 Å². The van der Waals surface area contributed by atoms with Crippen molar-refractivity contribution in [3.8, 4) is 0 Å². The maximum Gasteiger partial charge on any atom is 0.305 e. The van der Waals surface area contributed by atoms with Crippen LogP contribution in [-0.4, -0.2) is 18.9 Å². The van der Waals surface area contributed by atoms with Gasteiger partial charge in [0.2, 0.25) is 0 Å². The lowest BCUT2D eigenvalue weighted by Gasteiger charge is -2.55. The van der Waals surface area contributed by atoms with E-state index < -0.39 is 0 Å². The van der Waals surface area contributed by atoms with E-state index in [9.17, 15) is 9.59 Å².